The molecule has 15 heavy (non-hydrogen) atoms. The maximum absolute atomic E-state index is 13.1. The molecule has 0 unspecified atom stereocenters. The maximum Gasteiger partial charge on any atom is 0.306 e. The van der Waals surface area contributed by atoms with Crippen molar-refractivity contribution in [2.75, 3.05) is 6.26 Å². The molecule has 0 bridgehead atoms. The van der Waals surface area contributed by atoms with E-state index in [2.05, 4.69) is 4.18 Å². The molecule has 0 aromatic heterocycles. The van der Waals surface area contributed by atoms with Crippen molar-refractivity contribution < 1.29 is 17.0 Å². The summed E-state index contributed by atoms with van der Waals surface area (Å²) in [4.78, 5) is 0. The highest BCUT2D eigenvalue weighted by atomic mass is 35.5. The van der Waals surface area contributed by atoms with Crippen LogP contribution in [0.3, 0.4) is 0 Å². The third-order valence-electron chi connectivity index (χ3n) is 1.38. The number of nitriles is 1. The van der Waals surface area contributed by atoms with Gasteiger partial charge in [-0.1, -0.05) is 11.6 Å². The average Bonchev–Trinajstić information content (AvgIpc) is 2.07. The van der Waals surface area contributed by atoms with Crippen LogP contribution in [-0.4, -0.2) is 14.7 Å². The average molecular weight is 250 g/mol. The van der Waals surface area contributed by atoms with E-state index in [0.29, 0.717) is 0 Å². The van der Waals surface area contributed by atoms with Crippen molar-refractivity contribution in [1.29, 1.82) is 5.26 Å². The normalized spacial score (nSPS) is 10.8. The number of benzene rings is 1. The molecule has 1 aromatic rings. The van der Waals surface area contributed by atoms with Gasteiger partial charge in [0.2, 0.25) is 0 Å². The van der Waals surface area contributed by atoms with E-state index in [1.54, 1.807) is 6.07 Å². The van der Waals surface area contributed by atoms with Gasteiger partial charge in [0.25, 0.3) is 0 Å². The third kappa shape index (κ3) is 3.08. The van der Waals surface area contributed by atoms with E-state index in [9.17, 15) is 12.8 Å². The Hall–Kier alpha value is -1.32. The summed E-state index contributed by atoms with van der Waals surface area (Å²) >= 11 is 5.51. The Morgan fingerprint density at radius 1 is 1.53 bits per heavy atom. The maximum atomic E-state index is 13.1. The van der Waals surface area contributed by atoms with Crippen molar-refractivity contribution in [1.82, 2.24) is 0 Å². The summed E-state index contributed by atoms with van der Waals surface area (Å²) in [5.41, 5.74) is -0.0586. The van der Waals surface area contributed by atoms with Crippen molar-refractivity contribution >= 4 is 21.7 Å². The lowest BCUT2D eigenvalue weighted by Gasteiger charge is -2.05. The van der Waals surface area contributed by atoms with E-state index in [1.165, 1.54) is 0 Å². The van der Waals surface area contributed by atoms with Crippen molar-refractivity contribution in [2.24, 2.45) is 0 Å². The van der Waals surface area contributed by atoms with Gasteiger partial charge in [0.05, 0.1) is 16.8 Å². The molecule has 1 rings (SSSR count). The van der Waals surface area contributed by atoms with E-state index in [0.717, 1.165) is 18.4 Å². The van der Waals surface area contributed by atoms with Crippen LogP contribution in [0, 0.1) is 17.1 Å². The van der Waals surface area contributed by atoms with Gasteiger partial charge in [-0.15, -0.1) is 0 Å². The van der Waals surface area contributed by atoms with Gasteiger partial charge in [0.15, 0.2) is 11.6 Å². The first kappa shape index (κ1) is 11.8. The first-order valence-corrected chi connectivity index (χ1v) is 5.81. The van der Waals surface area contributed by atoms with E-state index in [4.69, 9.17) is 16.9 Å². The van der Waals surface area contributed by atoms with Crippen LogP contribution in [0.25, 0.3) is 0 Å². The van der Waals surface area contributed by atoms with Crippen LogP contribution in [0.1, 0.15) is 5.56 Å². The first-order chi connectivity index (χ1) is 6.83. The second-order valence-corrected chi connectivity index (χ2v) is 4.64. The van der Waals surface area contributed by atoms with Crippen LogP contribution in [-0.2, 0) is 10.1 Å². The molecular weight excluding hydrogens is 245 g/mol. The molecule has 0 aliphatic rings. The molecule has 0 saturated carbocycles. The predicted octanol–water partition coefficient (Wildman–Crippen LogP) is 1.69. The van der Waals surface area contributed by atoms with Gasteiger partial charge in [0.1, 0.15) is 6.07 Å². The lowest BCUT2D eigenvalue weighted by molar-refractivity contribution is 0.467. The highest BCUT2D eigenvalue weighted by molar-refractivity contribution is 7.86. The van der Waals surface area contributed by atoms with Crippen LogP contribution in [0.5, 0.6) is 5.75 Å². The standard InChI is InChI=1S/C8H5ClFNO3S/c1-15(12,13)14-8-2-5(4-11)6(9)3-7(8)10/h2-3H,1H3. The fourth-order valence-electron chi connectivity index (χ4n) is 0.842. The van der Waals surface area contributed by atoms with Crippen LogP contribution in [0.2, 0.25) is 5.02 Å². The van der Waals surface area contributed by atoms with E-state index in [1.807, 2.05) is 0 Å². The number of hydrogen-bond acceptors (Lipinski definition) is 4. The van der Waals surface area contributed by atoms with E-state index >= 15 is 0 Å². The summed E-state index contributed by atoms with van der Waals surface area (Å²) in [5.74, 6) is -1.48. The molecule has 0 radical (unpaired) electrons. The minimum Gasteiger partial charge on any atom is -0.379 e. The number of nitrogens with zero attached hydrogens (tertiary/aromatic N) is 1. The molecule has 0 saturated heterocycles. The summed E-state index contributed by atoms with van der Waals surface area (Å²) in [6.07, 6.45) is 0.771. The molecule has 4 nitrogen and oxygen atoms in total. The van der Waals surface area contributed by atoms with Crippen LogP contribution in [0.15, 0.2) is 12.1 Å². The minimum atomic E-state index is -3.83. The lowest BCUT2D eigenvalue weighted by Crippen LogP contribution is -2.07. The number of hydrogen-bond donors (Lipinski definition) is 0. The Bertz CT molecular complexity index is 536. The molecule has 0 N–H and O–H groups in total. The van der Waals surface area contributed by atoms with Gasteiger partial charge in [-0.25, -0.2) is 4.39 Å². The lowest BCUT2D eigenvalue weighted by atomic mass is 10.2. The summed E-state index contributed by atoms with van der Waals surface area (Å²) in [6, 6.07) is 3.42. The summed E-state index contributed by atoms with van der Waals surface area (Å²) in [7, 11) is -3.83. The molecule has 0 fully saturated rings. The Balaban J connectivity index is 3.27. The van der Waals surface area contributed by atoms with E-state index in [-0.39, 0.29) is 10.6 Å². The summed E-state index contributed by atoms with van der Waals surface area (Å²) < 4.78 is 38.9. The molecule has 1 aromatic carbocycles. The quantitative estimate of drug-likeness (QED) is 0.748. The Kier molecular flexibility index (Phi) is 3.17. The highest BCUT2D eigenvalue weighted by Crippen LogP contribution is 2.26. The Morgan fingerprint density at radius 3 is 2.60 bits per heavy atom. The van der Waals surface area contributed by atoms with Crippen LogP contribution >= 0.6 is 11.6 Å². The molecule has 0 spiro atoms. The fourth-order valence-corrected chi connectivity index (χ4v) is 1.49. The first-order valence-electron chi connectivity index (χ1n) is 3.62. The molecule has 0 atom stereocenters. The molecule has 7 heteroatoms. The highest BCUT2D eigenvalue weighted by Gasteiger charge is 2.13. The Labute approximate surface area is 91.0 Å². The van der Waals surface area contributed by atoms with Gasteiger partial charge < -0.3 is 4.18 Å². The largest absolute Gasteiger partial charge is 0.379 e. The number of halogens is 2. The van der Waals surface area contributed by atoms with Crippen molar-refractivity contribution in [3.8, 4) is 11.8 Å². The zero-order valence-electron chi connectivity index (χ0n) is 7.49. The molecule has 0 heterocycles. The molecule has 80 valence electrons. The summed E-state index contributed by atoms with van der Waals surface area (Å²) in [6.45, 7) is 0. The molecule has 0 amide bonds. The third-order valence-corrected chi connectivity index (χ3v) is 2.18. The van der Waals surface area contributed by atoms with Gasteiger partial charge in [-0.3, -0.25) is 0 Å². The molecule has 0 aliphatic heterocycles. The SMILES string of the molecule is CS(=O)(=O)Oc1cc(C#N)c(Cl)cc1F. The smallest absolute Gasteiger partial charge is 0.306 e. The van der Waals surface area contributed by atoms with Crippen LogP contribution < -0.4 is 4.18 Å². The minimum absolute atomic E-state index is 0.0586. The Morgan fingerprint density at radius 2 is 2.13 bits per heavy atom. The van der Waals surface area contributed by atoms with Gasteiger partial charge in [-0.2, -0.15) is 13.7 Å². The second-order valence-electron chi connectivity index (χ2n) is 2.66. The van der Waals surface area contributed by atoms with Gasteiger partial charge in [-0.05, 0) is 6.07 Å². The molecular formula is C8H5ClFNO3S. The second kappa shape index (κ2) is 4.04. The zero-order chi connectivity index (χ0) is 11.6. The van der Waals surface area contributed by atoms with Crippen LogP contribution in [0.4, 0.5) is 4.39 Å². The fraction of sp³-hybridized carbons (Fsp3) is 0.125. The van der Waals surface area contributed by atoms with E-state index < -0.39 is 21.7 Å². The van der Waals surface area contributed by atoms with Gasteiger partial charge >= 0.3 is 10.1 Å². The van der Waals surface area contributed by atoms with Crippen molar-refractivity contribution in [2.45, 2.75) is 0 Å². The monoisotopic (exact) mass is 249 g/mol. The topological polar surface area (TPSA) is 67.2 Å². The predicted molar refractivity (Wildman–Crippen MR) is 51.6 cm³/mol. The van der Waals surface area contributed by atoms with Crippen molar-refractivity contribution in [3.63, 3.8) is 0 Å². The summed E-state index contributed by atoms with van der Waals surface area (Å²) in [5, 5.41) is 8.47. The number of rotatable bonds is 2. The van der Waals surface area contributed by atoms with Gasteiger partial charge in [0, 0.05) is 6.07 Å². The molecule has 0 aliphatic carbocycles. The van der Waals surface area contributed by atoms with Crippen molar-refractivity contribution in [3.05, 3.63) is 28.5 Å². The zero-order valence-corrected chi connectivity index (χ0v) is 9.06.